The highest BCUT2D eigenvalue weighted by Crippen LogP contribution is 2.40. The molecule has 0 aliphatic carbocycles. The molecule has 2 saturated heterocycles. The van der Waals surface area contributed by atoms with E-state index in [0.29, 0.717) is 56.8 Å². The number of rotatable bonds is 7. The smallest absolute Gasteiger partial charge is 0.161 e. The highest BCUT2D eigenvalue weighted by Gasteiger charge is 2.45. The van der Waals surface area contributed by atoms with Gasteiger partial charge in [-0.25, -0.2) is 8.42 Å². The normalized spacial score (nSPS) is 27.5. The maximum Gasteiger partial charge on any atom is 0.161 e. The van der Waals surface area contributed by atoms with Crippen LogP contribution < -0.4 is 9.47 Å². The molecule has 2 aliphatic rings. The Balaban J connectivity index is 1.54. The summed E-state index contributed by atoms with van der Waals surface area (Å²) in [5.41, 5.74) is 0. The van der Waals surface area contributed by atoms with E-state index in [1.807, 2.05) is 31.2 Å². The lowest BCUT2D eigenvalue weighted by Gasteiger charge is -2.38. The number of ketones is 1. The van der Waals surface area contributed by atoms with Crippen molar-refractivity contribution in [3.63, 3.8) is 0 Å². The van der Waals surface area contributed by atoms with E-state index >= 15 is 0 Å². The molecule has 2 atom stereocenters. The van der Waals surface area contributed by atoms with Gasteiger partial charge in [0, 0.05) is 12.3 Å². The average molecular weight is 366 g/mol. The second-order valence-corrected chi connectivity index (χ2v) is 9.39. The molecule has 25 heavy (non-hydrogen) atoms. The Labute approximate surface area is 149 Å². The molecule has 0 amide bonds. The maximum absolute atomic E-state index is 12.5. The molecule has 2 aliphatic heterocycles. The van der Waals surface area contributed by atoms with Crippen LogP contribution in [0.5, 0.6) is 11.5 Å². The lowest BCUT2D eigenvalue weighted by molar-refractivity contribution is -0.124. The standard InChI is InChI=1S/C19H26O5S/c1-2-23-18-8-3-4-9-19(18)24-11-10-17(20)14-12-15-6-5-7-16(13-14)25(15,21)22/h3-4,8-9,14-16H,2,5-7,10-13H2,1H3. The summed E-state index contributed by atoms with van der Waals surface area (Å²) >= 11 is 0. The number of sulfone groups is 1. The predicted octanol–water partition coefficient (Wildman–Crippen LogP) is 3.17. The van der Waals surface area contributed by atoms with Crippen molar-refractivity contribution >= 4 is 15.6 Å². The van der Waals surface area contributed by atoms with E-state index in [9.17, 15) is 13.2 Å². The predicted molar refractivity (Wildman–Crippen MR) is 95.8 cm³/mol. The Kier molecular flexibility index (Phi) is 5.67. The molecule has 5 nitrogen and oxygen atoms in total. The SMILES string of the molecule is CCOc1ccccc1OCCC(=O)C1CC2CCCC(C1)S2(=O)=O. The van der Waals surface area contributed by atoms with Crippen LogP contribution in [0.25, 0.3) is 0 Å². The van der Waals surface area contributed by atoms with E-state index in [1.54, 1.807) is 0 Å². The van der Waals surface area contributed by atoms with Crippen LogP contribution in [0.15, 0.2) is 24.3 Å². The fourth-order valence-corrected chi connectivity index (χ4v) is 6.52. The lowest BCUT2D eigenvalue weighted by Crippen LogP contribution is -2.45. The monoisotopic (exact) mass is 366 g/mol. The first kappa shape index (κ1) is 18.2. The summed E-state index contributed by atoms with van der Waals surface area (Å²) in [5.74, 6) is 1.31. The highest BCUT2D eigenvalue weighted by atomic mass is 32.2. The summed E-state index contributed by atoms with van der Waals surface area (Å²) in [6.45, 7) is 2.76. The van der Waals surface area contributed by atoms with Gasteiger partial charge in [-0.3, -0.25) is 4.79 Å². The topological polar surface area (TPSA) is 69.7 Å². The van der Waals surface area contributed by atoms with Crippen molar-refractivity contribution in [2.24, 2.45) is 5.92 Å². The zero-order valence-electron chi connectivity index (χ0n) is 14.6. The molecule has 138 valence electrons. The van der Waals surface area contributed by atoms with Gasteiger partial charge in [-0.2, -0.15) is 0 Å². The quantitative estimate of drug-likeness (QED) is 0.741. The third-order valence-electron chi connectivity index (χ3n) is 5.29. The number of para-hydroxylation sites is 2. The Hall–Kier alpha value is -1.56. The summed E-state index contributed by atoms with van der Waals surface area (Å²) in [6, 6.07) is 7.41. The Morgan fingerprint density at radius 2 is 1.68 bits per heavy atom. The van der Waals surface area contributed by atoms with Crippen molar-refractivity contribution in [2.45, 2.75) is 55.9 Å². The minimum atomic E-state index is -3.01. The molecule has 2 heterocycles. The van der Waals surface area contributed by atoms with Crippen LogP contribution in [0.4, 0.5) is 0 Å². The van der Waals surface area contributed by atoms with E-state index in [0.717, 1.165) is 6.42 Å². The van der Waals surface area contributed by atoms with Gasteiger partial charge in [0.05, 0.1) is 23.7 Å². The van der Waals surface area contributed by atoms with Gasteiger partial charge in [0.15, 0.2) is 21.3 Å². The molecule has 0 spiro atoms. The van der Waals surface area contributed by atoms with Crippen molar-refractivity contribution in [2.75, 3.05) is 13.2 Å². The first-order valence-corrected chi connectivity index (χ1v) is 10.7. The number of hydrogen-bond donors (Lipinski definition) is 0. The van der Waals surface area contributed by atoms with Crippen molar-refractivity contribution < 1.29 is 22.7 Å². The molecule has 6 heteroatoms. The Bertz CT molecular complexity index is 692. The van der Waals surface area contributed by atoms with Crippen LogP contribution in [-0.2, 0) is 14.6 Å². The van der Waals surface area contributed by atoms with Gasteiger partial charge in [-0.15, -0.1) is 0 Å². The number of fused-ring (bicyclic) bond motifs is 2. The van der Waals surface area contributed by atoms with Crippen LogP contribution in [0.2, 0.25) is 0 Å². The van der Waals surface area contributed by atoms with E-state index in [1.165, 1.54) is 0 Å². The van der Waals surface area contributed by atoms with E-state index in [2.05, 4.69) is 0 Å². The van der Waals surface area contributed by atoms with Crippen molar-refractivity contribution in [3.8, 4) is 11.5 Å². The zero-order valence-corrected chi connectivity index (χ0v) is 15.5. The second-order valence-electron chi connectivity index (χ2n) is 6.88. The summed E-state index contributed by atoms with van der Waals surface area (Å²) in [5, 5.41) is -0.623. The lowest BCUT2D eigenvalue weighted by atomic mass is 9.86. The summed E-state index contributed by atoms with van der Waals surface area (Å²) in [7, 11) is -3.01. The van der Waals surface area contributed by atoms with Crippen LogP contribution in [-0.4, -0.2) is 37.9 Å². The molecule has 1 aromatic carbocycles. The number of hydrogen-bond acceptors (Lipinski definition) is 5. The molecule has 1 aromatic rings. The molecule has 0 aromatic heterocycles. The van der Waals surface area contributed by atoms with Gasteiger partial charge < -0.3 is 9.47 Å². The molecular formula is C19H26O5S. The second kappa shape index (κ2) is 7.77. The van der Waals surface area contributed by atoms with Gasteiger partial charge in [-0.1, -0.05) is 18.6 Å². The number of carbonyl (C=O) groups is 1. The van der Waals surface area contributed by atoms with Gasteiger partial charge in [0.1, 0.15) is 5.78 Å². The van der Waals surface area contributed by atoms with Crippen LogP contribution in [0.1, 0.15) is 45.4 Å². The first-order chi connectivity index (χ1) is 12.0. The summed E-state index contributed by atoms with van der Waals surface area (Å²) < 4.78 is 35.9. The number of benzene rings is 1. The van der Waals surface area contributed by atoms with Gasteiger partial charge in [0.2, 0.25) is 0 Å². The van der Waals surface area contributed by atoms with Crippen LogP contribution in [0, 0.1) is 5.92 Å². The van der Waals surface area contributed by atoms with Crippen molar-refractivity contribution in [3.05, 3.63) is 24.3 Å². The molecule has 3 rings (SSSR count). The maximum atomic E-state index is 12.5. The van der Waals surface area contributed by atoms with E-state index in [-0.39, 0.29) is 22.2 Å². The summed E-state index contributed by atoms with van der Waals surface area (Å²) in [6.07, 6.45) is 3.68. The molecular weight excluding hydrogens is 340 g/mol. The molecule has 0 saturated carbocycles. The van der Waals surface area contributed by atoms with E-state index in [4.69, 9.17) is 9.47 Å². The first-order valence-electron chi connectivity index (χ1n) is 9.12. The number of Topliss-reactive ketones (excluding diaryl/α,β-unsaturated/α-hetero) is 1. The van der Waals surface area contributed by atoms with Gasteiger partial charge in [0.25, 0.3) is 0 Å². The molecule has 2 bridgehead atoms. The third-order valence-corrected chi connectivity index (χ3v) is 8.00. The molecule has 2 unspecified atom stereocenters. The number of carbonyl (C=O) groups excluding carboxylic acids is 1. The van der Waals surface area contributed by atoms with Crippen LogP contribution >= 0.6 is 0 Å². The largest absolute Gasteiger partial charge is 0.490 e. The van der Waals surface area contributed by atoms with Crippen LogP contribution in [0.3, 0.4) is 0 Å². The molecule has 2 fully saturated rings. The fourth-order valence-electron chi connectivity index (χ4n) is 3.98. The third kappa shape index (κ3) is 4.00. The average Bonchev–Trinajstić information content (AvgIpc) is 2.55. The van der Waals surface area contributed by atoms with E-state index < -0.39 is 9.84 Å². The zero-order chi connectivity index (χ0) is 17.9. The summed E-state index contributed by atoms with van der Waals surface area (Å²) in [4.78, 5) is 12.5. The number of ether oxygens (including phenoxy) is 2. The minimum absolute atomic E-state index is 0.126. The highest BCUT2D eigenvalue weighted by molar-refractivity contribution is 7.92. The van der Waals surface area contributed by atoms with Crippen molar-refractivity contribution in [1.82, 2.24) is 0 Å². The minimum Gasteiger partial charge on any atom is -0.490 e. The Morgan fingerprint density at radius 3 is 2.28 bits per heavy atom. The van der Waals surface area contributed by atoms with Crippen molar-refractivity contribution in [1.29, 1.82) is 0 Å². The molecule has 0 N–H and O–H groups in total. The Morgan fingerprint density at radius 1 is 1.08 bits per heavy atom. The fraction of sp³-hybridized carbons (Fsp3) is 0.632. The van der Waals surface area contributed by atoms with Gasteiger partial charge in [-0.05, 0) is 44.7 Å². The van der Waals surface area contributed by atoms with Gasteiger partial charge >= 0.3 is 0 Å². The molecule has 0 radical (unpaired) electrons.